The summed E-state index contributed by atoms with van der Waals surface area (Å²) in [6, 6.07) is 19.7. The maximum atomic E-state index is 6.33. The van der Waals surface area contributed by atoms with Gasteiger partial charge in [0, 0.05) is 21.7 Å². The number of benzene rings is 3. The van der Waals surface area contributed by atoms with Crippen molar-refractivity contribution < 1.29 is 9.47 Å². The zero-order chi connectivity index (χ0) is 22.9. The van der Waals surface area contributed by atoms with Gasteiger partial charge in [0.1, 0.15) is 5.71 Å². The molecule has 0 aromatic heterocycles. The lowest BCUT2D eigenvalue weighted by Crippen LogP contribution is -2.20. The number of methoxy groups -OCH3 is 2. The molecule has 1 heterocycles. The minimum absolute atomic E-state index is 0.0827. The van der Waals surface area contributed by atoms with Crippen LogP contribution in [0.5, 0.6) is 11.5 Å². The Labute approximate surface area is 193 Å². The van der Waals surface area contributed by atoms with E-state index in [9.17, 15) is 0 Å². The van der Waals surface area contributed by atoms with E-state index >= 15 is 0 Å². The van der Waals surface area contributed by atoms with Crippen LogP contribution >= 0.6 is 11.6 Å². The van der Waals surface area contributed by atoms with Crippen molar-refractivity contribution in [2.24, 2.45) is 10.1 Å². The summed E-state index contributed by atoms with van der Waals surface area (Å²) in [5.41, 5.74) is 8.65. The van der Waals surface area contributed by atoms with Crippen LogP contribution < -0.4 is 14.9 Å². The highest BCUT2D eigenvalue weighted by Crippen LogP contribution is 2.33. The number of halogens is 1. The molecule has 3 aromatic rings. The normalized spacial score (nSPS) is 13.3. The Morgan fingerprint density at radius 1 is 0.812 bits per heavy atom. The zero-order valence-electron chi connectivity index (χ0n) is 18.9. The first-order chi connectivity index (χ1) is 15.3. The Bertz CT molecular complexity index is 1210. The predicted octanol–water partition coefficient (Wildman–Crippen LogP) is 6.09. The maximum Gasteiger partial charge on any atom is 0.161 e. The fourth-order valence-corrected chi connectivity index (χ4v) is 3.74. The molecular formula is C26H26ClN3O2. The molecule has 32 heavy (non-hydrogen) atoms. The summed E-state index contributed by atoms with van der Waals surface area (Å²) in [6.07, 6.45) is 0. The van der Waals surface area contributed by atoms with Crippen LogP contribution in [-0.4, -0.2) is 25.8 Å². The van der Waals surface area contributed by atoms with Crippen LogP contribution in [0.25, 0.3) is 0 Å². The zero-order valence-corrected chi connectivity index (χ0v) is 19.6. The molecule has 5 nitrogen and oxygen atoms in total. The highest BCUT2D eigenvalue weighted by molar-refractivity contribution is 6.31. The third kappa shape index (κ3) is 4.34. The highest BCUT2D eigenvalue weighted by atomic mass is 35.5. The Hall–Kier alpha value is -3.31. The summed E-state index contributed by atoms with van der Waals surface area (Å²) >= 11 is 6.33. The molecule has 0 radical (unpaired) electrons. The van der Waals surface area contributed by atoms with Gasteiger partial charge in [0.05, 0.1) is 19.9 Å². The van der Waals surface area contributed by atoms with Crippen LogP contribution in [0, 0.1) is 0 Å². The fourth-order valence-electron chi connectivity index (χ4n) is 3.57. The van der Waals surface area contributed by atoms with Gasteiger partial charge in [-0.05, 0) is 47.4 Å². The molecule has 0 unspecified atom stereocenters. The smallest absolute Gasteiger partial charge is 0.161 e. The molecule has 0 saturated carbocycles. The van der Waals surface area contributed by atoms with Crippen LogP contribution in [0.15, 0.2) is 70.8 Å². The van der Waals surface area contributed by atoms with Gasteiger partial charge in [-0.3, -0.25) is 5.43 Å². The number of hydrazone groups is 1. The summed E-state index contributed by atoms with van der Waals surface area (Å²) in [5.74, 6) is 1.95. The predicted molar refractivity (Wildman–Crippen MR) is 131 cm³/mol. The molecule has 1 aliphatic heterocycles. The van der Waals surface area contributed by atoms with Crippen molar-refractivity contribution in [1.29, 1.82) is 0 Å². The number of ether oxygens (including phenoxy) is 2. The summed E-state index contributed by atoms with van der Waals surface area (Å²) in [4.78, 5) is 4.87. The SMILES string of the molecule is COc1ccc(C2=NNC(c3ccc(C(C)(C)C)cc3)=Nc3ccc(Cl)cc32)cc1OC. The van der Waals surface area contributed by atoms with Gasteiger partial charge in [-0.2, -0.15) is 5.10 Å². The van der Waals surface area contributed by atoms with Crippen LogP contribution in [0.3, 0.4) is 0 Å². The van der Waals surface area contributed by atoms with Crippen LogP contribution in [0.4, 0.5) is 5.69 Å². The van der Waals surface area contributed by atoms with Crippen molar-refractivity contribution in [1.82, 2.24) is 5.43 Å². The molecule has 164 valence electrons. The lowest BCUT2D eigenvalue weighted by Gasteiger charge is -2.19. The van der Waals surface area contributed by atoms with Gasteiger partial charge in [-0.15, -0.1) is 0 Å². The van der Waals surface area contributed by atoms with Crippen molar-refractivity contribution in [2.45, 2.75) is 26.2 Å². The second-order valence-corrected chi connectivity index (χ2v) is 9.03. The molecule has 0 bridgehead atoms. The largest absolute Gasteiger partial charge is 0.493 e. The van der Waals surface area contributed by atoms with Gasteiger partial charge in [-0.25, -0.2) is 4.99 Å². The standard InChI is InChI=1S/C26H26ClN3O2/c1-26(2,3)18-9-6-16(7-10-18)25-28-21-12-11-19(27)15-20(21)24(29-30-25)17-8-13-22(31-4)23(14-17)32-5/h6-15H,1-5H3,(H,28,30). The number of aliphatic imine (C=N–C) groups is 1. The van der Waals surface area contributed by atoms with Gasteiger partial charge in [-0.1, -0.05) is 56.6 Å². The van der Waals surface area contributed by atoms with E-state index in [0.717, 1.165) is 22.4 Å². The second kappa shape index (κ2) is 8.67. The minimum Gasteiger partial charge on any atom is -0.493 e. The Morgan fingerprint density at radius 2 is 1.50 bits per heavy atom. The molecule has 0 atom stereocenters. The number of nitrogens with zero attached hydrogens (tertiary/aromatic N) is 2. The number of rotatable bonds is 4. The topological polar surface area (TPSA) is 55.2 Å². The van der Waals surface area contributed by atoms with E-state index in [4.69, 9.17) is 31.2 Å². The van der Waals surface area contributed by atoms with E-state index in [0.29, 0.717) is 28.1 Å². The van der Waals surface area contributed by atoms with Gasteiger partial charge >= 0.3 is 0 Å². The third-order valence-corrected chi connectivity index (χ3v) is 5.64. The van der Waals surface area contributed by atoms with E-state index in [1.807, 2.05) is 36.4 Å². The van der Waals surface area contributed by atoms with Crippen LogP contribution in [-0.2, 0) is 5.41 Å². The summed E-state index contributed by atoms with van der Waals surface area (Å²) in [6.45, 7) is 6.59. The van der Waals surface area contributed by atoms with Gasteiger partial charge in [0.25, 0.3) is 0 Å². The summed E-state index contributed by atoms with van der Waals surface area (Å²) < 4.78 is 10.9. The quantitative estimate of drug-likeness (QED) is 0.526. The number of nitrogens with one attached hydrogen (secondary N) is 1. The third-order valence-electron chi connectivity index (χ3n) is 5.40. The van der Waals surface area contributed by atoms with E-state index in [2.05, 4.69) is 50.5 Å². The molecule has 0 saturated heterocycles. The Kier molecular flexibility index (Phi) is 5.94. The average Bonchev–Trinajstić information content (AvgIpc) is 2.97. The van der Waals surface area contributed by atoms with Gasteiger partial charge in [0.15, 0.2) is 17.3 Å². The van der Waals surface area contributed by atoms with Crippen LogP contribution in [0.1, 0.15) is 43.0 Å². The number of hydrogen-bond donors (Lipinski definition) is 1. The number of hydrogen-bond acceptors (Lipinski definition) is 5. The maximum absolute atomic E-state index is 6.33. The van der Waals surface area contributed by atoms with E-state index in [-0.39, 0.29) is 5.41 Å². The molecule has 4 rings (SSSR count). The fraction of sp³-hybridized carbons (Fsp3) is 0.231. The molecule has 6 heteroatoms. The minimum atomic E-state index is 0.0827. The van der Waals surface area contributed by atoms with Gasteiger partial charge in [0.2, 0.25) is 0 Å². The molecule has 3 aromatic carbocycles. The van der Waals surface area contributed by atoms with Crippen LogP contribution in [0.2, 0.25) is 5.02 Å². The van der Waals surface area contributed by atoms with E-state index in [1.165, 1.54) is 5.56 Å². The Morgan fingerprint density at radius 3 is 2.16 bits per heavy atom. The first kappa shape index (κ1) is 21.9. The number of fused-ring (bicyclic) bond motifs is 1. The van der Waals surface area contributed by atoms with Crippen molar-refractivity contribution in [3.63, 3.8) is 0 Å². The van der Waals surface area contributed by atoms with Gasteiger partial charge < -0.3 is 9.47 Å². The molecule has 0 amide bonds. The molecular weight excluding hydrogens is 422 g/mol. The Balaban J connectivity index is 1.80. The van der Waals surface area contributed by atoms with Crippen molar-refractivity contribution >= 4 is 28.8 Å². The first-order valence-corrected chi connectivity index (χ1v) is 10.7. The average molecular weight is 448 g/mol. The lowest BCUT2D eigenvalue weighted by molar-refractivity contribution is 0.355. The molecule has 0 spiro atoms. The first-order valence-electron chi connectivity index (χ1n) is 10.4. The highest BCUT2D eigenvalue weighted by Gasteiger charge is 2.20. The summed E-state index contributed by atoms with van der Waals surface area (Å²) in [5, 5.41) is 5.33. The molecule has 1 N–H and O–H groups in total. The van der Waals surface area contributed by atoms with Crippen molar-refractivity contribution in [3.05, 3.63) is 87.9 Å². The number of amidine groups is 1. The lowest BCUT2D eigenvalue weighted by atomic mass is 9.86. The second-order valence-electron chi connectivity index (χ2n) is 8.59. The summed E-state index contributed by atoms with van der Waals surface area (Å²) in [7, 11) is 3.23. The van der Waals surface area contributed by atoms with Crippen molar-refractivity contribution in [2.75, 3.05) is 14.2 Å². The van der Waals surface area contributed by atoms with Crippen molar-refractivity contribution in [3.8, 4) is 11.5 Å². The molecule has 1 aliphatic rings. The monoisotopic (exact) mass is 447 g/mol. The van der Waals surface area contributed by atoms with E-state index < -0.39 is 0 Å². The molecule has 0 aliphatic carbocycles. The molecule has 0 fully saturated rings. The van der Waals surface area contributed by atoms with E-state index in [1.54, 1.807) is 14.2 Å².